The summed E-state index contributed by atoms with van der Waals surface area (Å²) in [6.07, 6.45) is 1.81. The fourth-order valence-corrected chi connectivity index (χ4v) is 5.69. The minimum atomic E-state index is -0.864. The SMILES string of the molecule is C=CCN(C(=O)NCc1ccc(F)cc1)N1CCN(Cc2cccc3ccccc23)C(=O)[C@H](Cc2ccc(OCCO)cc2)NC(=O)C1. The maximum absolute atomic E-state index is 14.3. The number of urea groups is 1. The van der Waals surface area contributed by atoms with E-state index in [4.69, 9.17) is 9.84 Å². The molecule has 0 aliphatic carbocycles. The van der Waals surface area contributed by atoms with Gasteiger partial charge in [0.1, 0.15) is 24.2 Å². The topological polar surface area (TPSA) is 114 Å². The van der Waals surface area contributed by atoms with E-state index in [0.29, 0.717) is 17.9 Å². The Balaban J connectivity index is 1.40. The van der Waals surface area contributed by atoms with Crippen molar-refractivity contribution in [3.63, 3.8) is 0 Å². The molecule has 1 atom stereocenters. The van der Waals surface area contributed by atoms with Gasteiger partial charge in [0, 0.05) is 32.6 Å². The lowest BCUT2D eigenvalue weighted by Crippen LogP contribution is -2.54. The summed E-state index contributed by atoms with van der Waals surface area (Å²) in [5, 5.41) is 19.9. The molecule has 0 radical (unpaired) electrons. The highest BCUT2D eigenvalue weighted by atomic mass is 19.1. The Hall–Kier alpha value is -5.26. The van der Waals surface area contributed by atoms with Crippen molar-refractivity contribution < 1.29 is 28.6 Å². The molecular weight excluding hydrogens is 613 g/mol. The van der Waals surface area contributed by atoms with Gasteiger partial charge < -0.3 is 25.4 Å². The van der Waals surface area contributed by atoms with Crippen molar-refractivity contribution in [2.75, 3.05) is 39.4 Å². The third kappa shape index (κ3) is 8.96. The maximum atomic E-state index is 14.3. The molecule has 1 aliphatic heterocycles. The number of aliphatic hydroxyl groups excluding tert-OH is 1. The maximum Gasteiger partial charge on any atom is 0.332 e. The second-order valence-corrected chi connectivity index (χ2v) is 11.5. The number of halogens is 1. The number of aliphatic hydroxyl groups is 1. The van der Waals surface area contributed by atoms with E-state index >= 15 is 0 Å². The van der Waals surface area contributed by atoms with E-state index in [2.05, 4.69) is 17.2 Å². The second-order valence-electron chi connectivity index (χ2n) is 11.5. The molecule has 0 saturated carbocycles. The molecule has 0 unspecified atom stereocenters. The number of nitrogens with zero attached hydrogens (tertiary/aromatic N) is 3. The molecule has 0 bridgehead atoms. The number of rotatable bonds is 12. The molecule has 4 aromatic carbocycles. The van der Waals surface area contributed by atoms with Gasteiger partial charge in [-0.3, -0.25) is 14.6 Å². The monoisotopic (exact) mass is 653 g/mol. The minimum Gasteiger partial charge on any atom is -0.491 e. The first kappa shape index (κ1) is 34.1. The number of nitrogens with one attached hydrogen (secondary N) is 2. The van der Waals surface area contributed by atoms with E-state index in [9.17, 15) is 18.8 Å². The molecular formula is C37H40FN5O5. The number of hydrogen-bond acceptors (Lipinski definition) is 6. The zero-order valence-electron chi connectivity index (χ0n) is 26.7. The minimum absolute atomic E-state index is 0.103. The fraction of sp³-hybridized carbons (Fsp3) is 0.270. The van der Waals surface area contributed by atoms with Gasteiger partial charge in [-0.15, -0.1) is 6.58 Å². The van der Waals surface area contributed by atoms with Gasteiger partial charge in [0.2, 0.25) is 11.8 Å². The summed E-state index contributed by atoms with van der Waals surface area (Å²) in [4.78, 5) is 43.0. The highest BCUT2D eigenvalue weighted by Crippen LogP contribution is 2.22. The predicted molar refractivity (Wildman–Crippen MR) is 181 cm³/mol. The summed E-state index contributed by atoms with van der Waals surface area (Å²) in [7, 11) is 0. The molecule has 0 aromatic heterocycles. The largest absolute Gasteiger partial charge is 0.491 e. The van der Waals surface area contributed by atoms with Crippen LogP contribution in [0, 0.1) is 5.82 Å². The Morgan fingerprint density at radius 1 is 1.00 bits per heavy atom. The Morgan fingerprint density at radius 3 is 2.48 bits per heavy atom. The molecule has 11 heteroatoms. The van der Waals surface area contributed by atoms with Crippen molar-refractivity contribution in [3.05, 3.63) is 126 Å². The van der Waals surface area contributed by atoms with Crippen molar-refractivity contribution in [2.24, 2.45) is 0 Å². The van der Waals surface area contributed by atoms with Crippen molar-refractivity contribution in [3.8, 4) is 5.75 Å². The standard InChI is InChI=1S/C37H40FN5O5/c1-2-18-43(37(47)39-24-28-10-14-31(38)15-11-28)42-20-19-41(25-30-8-5-7-29-6-3-4-9-33(29)30)36(46)34(40-35(45)26-42)23-27-12-16-32(17-13-27)48-22-21-44/h2-17,34,44H,1,18-26H2,(H,39,47)(H,40,45)/t34-/m0/s1. The quantitative estimate of drug-likeness (QED) is 0.199. The Kier molecular flexibility index (Phi) is 11.7. The van der Waals surface area contributed by atoms with Gasteiger partial charge in [-0.1, -0.05) is 72.8 Å². The van der Waals surface area contributed by atoms with Crippen LogP contribution in [0.25, 0.3) is 10.8 Å². The van der Waals surface area contributed by atoms with Crippen LogP contribution in [0.15, 0.2) is 104 Å². The zero-order valence-corrected chi connectivity index (χ0v) is 26.7. The van der Waals surface area contributed by atoms with Crippen LogP contribution in [-0.4, -0.2) is 83.3 Å². The molecule has 4 amide bonds. The molecule has 1 aliphatic rings. The van der Waals surface area contributed by atoms with E-state index in [1.165, 1.54) is 17.1 Å². The van der Waals surface area contributed by atoms with Crippen molar-refractivity contribution >= 4 is 28.6 Å². The number of hydrazine groups is 1. The molecule has 3 N–H and O–H groups in total. The fourth-order valence-electron chi connectivity index (χ4n) is 5.69. The van der Waals surface area contributed by atoms with Crippen LogP contribution >= 0.6 is 0 Å². The average molecular weight is 654 g/mol. The summed E-state index contributed by atoms with van der Waals surface area (Å²) >= 11 is 0. The summed E-state index contributed by atoms with van der Waals surface area (Å²) < 4.78 is 18.9. The van der Waals surface area contributed by atoms with E-state index in [0.717, 1.165) is 21.9 Å². The van der Waals surface area contributed by atoms with Gasteiger partial charge in [0.05, 0.1) is 19.7 Å². The molecule has 10 nitrogen and oxygen atoms in total. The lowest BCUT2D eigenvalue weighted by atomic mass is 10.0. The van der Waals surface area contributed by atoms with E-state index in [-0.39, 0.29) is 64.1 Å². The van der Waals surface area contributed by atoms with Crippen LogP contribution in [0.1, 0.15) is 16.7 Å². The van der Waals surface area contributed by atoms with Crippen molar-refractivity contribution in [1.29, 1.82) is 0 Å². The first-order chi connectivity index (χ1) is 23.3. The van der Waals surface area contributed by atoms with Crippen LogP contribution in [0.3, 0.4) is 0 Å². The average Bonchev–Trinajstić information content (AvgIpc) is 3.15. The van der Waals surface area contributed by atoms with E-state index in [1.54, 1.807) is 40.3 Å². The normalized spacial score (nSPS) is 15.6. The highest BCUT2D eigenvalue weighted by molar-refractivity contribution is 5.90. The van der Waals surface area contributed by atoms with Gasteiger partial charge >= 0.3 is 6.03 Å². The van der Waals surface area contributed by atoms with Crippen molar-refractivity contribution in [1.82, 2.24) is 25.6 Å². The van der Waals surface area contributed by atoms with Crippen molar-refractivity contribution in [2.45, 2.75) is 25.6 Å². The number of fused-ring (bicyclic) bond motifs is 1. The van der Waals surface area contributed by atoms with Gasteiger partial charge in [-0.2, -0.15) is 0 Å². The number of amides is 4. The molecule has 1 fully saturated rings. The van der Waals surface area contributed by atoms with Gasteiger partial charge in [-0.25, -0.2) is 14.2 Å². The Morgan fingerprint density at radius 2 is 1.73 bits per heavy atom. The van der Waals surface area contributed by atoms with Crippen LogP contribution < -0.4 is 15.4 Å². The van der Waals surface area contributed by atoms with Crippen LogP contribution in [0.4, 0.5) is 9.18 Å². The summed E-state index contributed by atoms with van der Waals surface area (Å²) in [6.45, 7) is 4.71. The predicted octanol–water partition coefficient (Wildman–Crippen LogP) is 4.03. The number of carbonyl (C=O) groups excluding carboxylic acids is 3. The Bertz CT molecular complexity index is 1710. The number of benzene rings is 4. The number of carbonyl (C=O) groups is 3. The summed E-state index contributed by atoms with van der Waals surface area (Å²) in [5.41, 5.74) is 2.50. The summed E-state index contributed by atoms with van der Waals surface area (Å²) in [6, 6.07) is 25.6. The first-order valence-electron chi connectivity index (χ1n) is 15.9. The molecule has 1 saturated heterocycles. The first-order valence-corrected chi connectivity index (χ1v) is 15.9. The molecule has 5 rings (SSSR count). The molecule has 0 spiro atoms. The van der Waals surface area contributed by atoms with E-state index in [1.807, 2.05) is 54.6 Å². The number of ether oxygens (including phenoxy) is 1. The molecule has 250 valence electrons. The second kappa shape index (κ2) is 16.5. The summed E-state index contributed by atoms with van der Waals surface area (Å²) in [5.74, 6) is -0.435. The van der Waals surface area contributed by atoms with Crippen LogP contribution in [0.2, 0.25) is 0 Å². The van der Waals surface area contributed by atoms with Crippen LogP contribution in [0.5, 0.6) is 5.75 Å². The van der Waals surface area contributed by atoms with Gasteiger partial charge in [0.25, 0.3) is 0 Å². The molecule has 4 aromatic rings. The zero-order chi connectivity index (χ0) is 33.9. The smallest absolute Gasteiger partial charge is 0.332 e. The Labute approximate surface area is 279 Å². The van der Waals surface area contributed by atoms with E-state index < -0.39 is 18.0 Å². The van der Waals surface area contributed by atoms with Crippen LogP contribution in [-0.2, 0) is 29.1 Å². The number of hydrogen-bond donors (Lipinski definition) is 3. The van der Waals surface area contributed by atoms with Gasteiger partial charge in [0.15, 0.2) is 0 Å². The highest BCUT2D eigenvalue weighted by Gasteiger charge is 2.32. The lowest BCUT2D eigenvalue weighted by Gasteiger charge is -2.34. The molecule has 1 heterocycles. The third-order valence-electron chi connectivity index (χ3n) is 8.10. The lowest BCUT2D eigenvalue weighted by molar-refractivity contribution is -0.136. The van der Waals surface area contributed by atoms with Gasteiger partial charge in [-0.05, 0) is 51.7 Å². The molecule has 48 heavy (non-hydrogen) atoms. The third-order valence-corrected chi connectivity index (χ3v) is 8.10.